The van der Waals surface area contributed by atoms with Crippen molar-refractivity contribution < 1.29 is 19.1 Å². The van der Waals surface area contributed by atoms with Crippen LogP contribution in [0, 0.1) is 0 Å². The highest BCUT2D eigenvalue weighted by Crippen LogP contribution is 2.32. The zero-order chi connectivity index (χ0) is 26.6. The average molecular weight is 523 g/mol. The second kappa shape index (κ2) is 15.0. The molecule has 8 heteroatoms. The summed E-state index contributed by atoms with van der Waals surface area (Å²) in [5.74, 6) is 0.806. The van der Waals surface area contributed by atoms with Crippen molar-refractivity contribution in [2.75, 3.05) is 70.5 Å². The van der Waals surface area contributed by atoms with Crippen molar-refractivity contribution in [1.82, 2.24) is 15.0 Å². The Morgan fingerprint density at radius 2 is 1.68 bits per heavy atom. The monoisotopic (exact) mass is 522 g/mol. The van der Waals surface area contributed by atoms with Crippen LogP contribution in [0.4, 0.5) is 5.88 Å². The van der Waals surface area contributed by atoms with E-state index in [1.165, 1.54) is 0 Å². The lowest BCUT2D eigenvalue weighted by Gasteiger charge is -2.31. The van der Waals surface area contributed by atoms with Gasteiger partial charge in [0.1, 0.15) is 5.69 Å². The Kier molecular flexibility index (Phi) is 11.2. The third-order valence-corrected chi connectivity index (χ3v) is 6.97. The van der Waals surface area contributed by atoms with Crippen molar-refractivity contribution in [2.45, 2.75) is 33.1 Å². The van der Waals surface area contributed by atoms with Crippen LogP contribution in [0.15, 0.2) is 65.2 Å². The molecule has 0 saturated carbocycles. The number of aromatic nitrogens is 1. The summed E-state index contributed by atoms with van der Waals surface area (Å²) in [5.41, 5.74) is 4.05. The van der Waals surface area contributed by atoms with Gasteiger partial charge in [-0.25, -0.2) is 0 Å². The number of nitrogens with zero attached hydrogens (tertiary/aromatic N) is 4. The quantitative estimate of drug-likeness (QED) is 0.322. The number of rotatable bonds is 15. The highest BCUT2D eigenvalue weighted by atomic mass is 16.5. The number of hydrogen-bond acceptors (Lipinski definition) is 8. The van der Waals surface area contributed by atoms with Gasteiger partial charge in [-0.1, -0.05) is 65.8 Å². The van der Waals surface area contributed by atoms with Crippen molar-refractivity contribution in [3.8, 4) is 11.3 Å². The normalized spacial score (nSPS) is 15.2. The SMILES string of the molecule is CCN(CC)c1onc(-c2ccccc2)c1CN(CCN1CCOCC1)C[C@@H](O)COCc1ccccc1. The highest BCUT2D eigenvalue weighted by Gasteiger charge is 2.25. The molecule has 38 heavy (non-hydrogen) atoms. The minimum Gasteiger partial charge on any atom is -0.389 e. The van der Waals surface area contributed by atoms with Crippen molar-refractivity contribution in [3.63, 3.8) is 0 Å². The first kappa shape index (κ1) is 28.3. The van der Waals surface area contributed by atoms with E-state index in [-0.39, 0.29) is 6.61 Å². The molecule has 3 aromatic rings. The second-order valence-electron chi connectivity index (χ2n) is 9.70. The summed E-state index contributed by atoms with van der Waals surface area (Å²) in [4.78, 5) is 6.93. The molecule has 2 aromatic carbocycles. The molecule has 4 rings (SSSR count). The summed E-state index contributed by atoms with van der Waals surface area (Å²) in [6, 6.07) is 20.2. The highest BCUT2D eigenvalue weighted by molar-refractivity contribution is 5.68. The van der Waals surface area contributed by atoms with Crippen LogP contribution in [0.5, 0.6) is 0 Å². The van der Waals surface area contributed by atoms with Gasteiger partial charge in [-0.2, -0.15) is 0 Å². The Balaban J connectivity index is 1.50. The van der Waals surface area contributed by atoms with E-state index < -0.39 is 6.10 Å². The zero-order valence-corrected chi connectivity index (χ0v) is 22.8. The van der Waals surface area contributed by atoms with Crippen molar-refractivity contribution in [2.24, 2.45) is 0 Å². The third kappa shape index (κ3) is 8.12. The summed E-state index contributed by atoms with van der Waals surface area (Å²) in [6.45, 7) is 12.9. The summed E-state index contributed by atoms with van der Waals surface area (Å²) in [7, 11) is 0. The van der Waals surface area contributed by atoms with E-state index in [0.29, 0.717) is 19.7 Å². The summed E-state index contributed by atoms with van der Waals surface area (Å²) >= 11 is 0. The number of aliphatic hydroxyl groups excluding tert-OH is 1. The molecule has 2 heterocycles. The molecule has 0 radical (unpaired) electrons. The van der Waals surface area contributed by atoms with Crippen molar-refractivity contribution >= 4 is 5.88 Å². The molecular weight excluding hydrogens is 480 g/mol. The van der Waals surface area contributed by atoms with E-state index in [4.69, 9.17) is 14.0 Å². The fourth-order valence-corrected chi connectivity index (χ4v) is 4.83. The van der Waals surface area contributed by atoms with Gasteiger partial charge < -0.3 is 24.0 Å². The number of ether oxygens (including phenoxy) is 2. The van der Waals surface area contributed by atoms with E-state index >= 15 is 0 Å². The number of aliphatic hydroxyl groups is 1. The van der Waals surface area contributed by atoms with Crippen LogP contribution in [-0.4, -0.2) is 91.8 Å². The molecule has 1 atom stereocenters. The van der Waals surface area contributed by atoms with Crippen molar-refractivity contribution in [1.29, 1.82) is 0 Å². The minimum atomic E-state index is -0.611. The molecule has 0 unspecified atom stereocenters. The Morgan fingerprint density at radius 3 is 2.37 bits per heavy atom. The molecule has 0 bridgehead atoms. The fourth-order valence-electron chi connectivity index (χ4n) is 4.83. The fraction of sp³-hybridized carbons (Fsp3) is 0.500. The molecule has 0 amide bonds. The van der Waals surface area contributed by atoms with Gasteiger partial charge in [0.25, 0.3) is 0 Å². The molecule has 0 spiro atoms. The number of anilines is 1. The van der Waals surface area contributed by atoms with Gasteiger partial charge in [0, 0.05) is 57.9 Å². The van der Waals surface area contributed by atoms with Crippen LogP contribution >= 0.6 is 0 Å². The summed E-state index contributed by atoms with van der Waals surface area (Å²) in [5, 5.41) is 15.5. The van der Waals surface area contributed by atoms with Gasteiger partial charge >= 0.3 is 0 Å². The molecule has 1 aliphatic heterocycles. The van der Waals surface area contributed by atoms with Crippen LogP contribution in [0.2, 0.25) is 0 Å². The van der Waals surface area contributed by atoms with Gasteiger partial charge in [-0.05, 0) is 19.4 Å². The lowest BCUT2D eigenvalue weighted by Crippen LogP contribution is -2.43. The maximum Gasteiger partial charge on any atom is 0.232 e. The van der Waals surface area contributed by atoms with E-state index in [1.54, 1.807) is 0 Å². The Hall–Kier alpha value is -2.75. The minimum absolute atomic E-state index is 0.279. The average Bonchev–Trinajstić information content (AvgIpc) is 3.37. The van der Waals surface area contributed by atoms with Gasteiger partial charge in [0.05, 0.1) is 38.1 Å². The molecule has 1 fully saturated rings. The molecule has 1 saturated heterocycles. The number of morpholine rings is 1. The molecule has 1 aromatic heterocycles. The number of hydrogen-bond donors (Lipinski definition) is 1. The molecule has 1 N–H and O–H groups in total. The van der Waals surface area contributed by atoms with Gasteiger partial charge in [0.15, 0.2) is 0 Å². The lowest BCUT2D eigenvalue weighted by atomic mass is 10.1. The second-order valence-corrected chi connectivity index (χ2v) is 9.70. The van der Waals surface area contributed by atoms with Crippen LogP contribution in [0.25, 0.3) is 11.3 Å². The smallest absolute Gasteiger partial charge is 0.232 e. The predicted octanol–water partition coefficient (Wildman–Crippen LogP) is 3.90. The maximum absolute atomic E-state index is 11.0. The van der Waals surface area contributed by atoms with Crippen molar-refractivity contribution in [3.05, 3.63) is 71.8 Å². The van der Waals surface area contributed by atoms with Crippen LogP contribution in [0.1, 0.15) is 25.0 Å². The van der Waals surface area contributed by atoms with E-state index in [1.807, 2.05) is 48.5 Å². The standard InChI is InChI=1S/C30H42N4O4/c1-3-34(4-2)30-28(29(31-38-30)26-13-9-6-10-14-26)22-33(16-15-32-17-19-36-20-18-32)21-27(35)24-37-23-25-11-7-5-8-12-25/h5-14,27,35H,3-4,15-24H2,1-2H3/t27-/m1/s1. The van der Waals surface area contributed by atoms with Gasteiger partial charge in [-0.3, -0.25) is 9.80 Å². The topological polar surface area (TPSA) is 74.4 Å². The van der Waals surface area contributed by atoms with E-state index in [0.717, 1.165) is 80.8 Å². The maximum atomic E-state index is 11.0. The Bertz CT molecular complexity index is 1050. The van der Waals surface area contributed by atoms with E-state index in [9.17, 15) is 5.11 Å². The molecule has 0 aliphatic carbocycles. The molecule has 8 nitrogen and oxygen atoms in total. The molecule has 206 valence electrons. The van der Waals surface area contributed by atoms with Gasteiger partial charge in [-0.15, -0.1) is 0 Å². The van der Waals surface area contributed by atoms with E-state index in [2.05, 4.69) is 45.8 Å². The Morgan fingerprint density at radius 1 is 1.00 bits per heavy atom. The molecule has 1 aliphatic rings. The van der Waals surface area contributed by atoms with Crippen LogP contribution in [-0.2, 0) is 22.6 Å². The van der Waals surface area contributed by atoms with Crippen LogP contribution in [0.3, 0.4) is 0 Å². The largest absolute Gasteiger partial charge is 0.389 e. The predicted molar refractivity (Wildman–Crippen MR) is 150 cm³/mol. The number of benzene rings is 2. The first-order valence-electron chi connectivity index (χ1n) is 13.8. The lowest BCUT2D eigenvalue weighted by molar-refractivity contribution is 0.00213. The Labute approximate surface area is 226 Å². The van der Waals surface area contributed by atoms with Crippen LogP contribution < -0.4 is 4.90 Å². The van der Waals surface area contributed by atoms with Gasteiger partial charge in [0.2, 0.25) is 5.88 Å². The first-order chi connectivity index (χ1) is 18.7. The molecular formula is C30H42N4O4. The third-order valence-electron chi connectivity index (χ3n) is 6.97. The summed E-state index contributed by atoms with van der Waals surface area (Å²) < 4.78 is 17.3. The summed E-state index contributed by atoms with van der Waals surface area (Å²) in [6.07, 6.45) is -0.611. The first-order valence-corrected chi connectivity index (χ1v) is 13.8. The zero-order valence-electron chi connectivity index (χ0n) is 22.8.